The predicted octanol–water partition coefficient (Wildman–Crippen LogP) is 3.12. The van der Waals surface area contributed by atoms with Gasteiger partial charge in [-0.15, -0.1) is 0 Å². The molecule has 0 fully saturated rings. The van der Waals surface area contributed by atoms with Crippen molar-refractivity contribution >= 4 is 23.5 Å². The van der Waals surface area contributed by atoms with E-state index in [0.29, 0.717) is 22.6 Å². The van der Waals surface area contributed by atoms with Gasteiger partial charge >= 0.3 is 11.9 Å². The van der Waals surface area contributed by atoms with Crippen molar-refractivity contribution < 1.29 is 33.3 Å². The van der Waals surface area contributed by atoms with Crippen LogP contribution in [0.3, 0.4) is 0 Å². The van der Waals surface area contributed by atoms with Crippen LogP contribution in [0.1, 0.15) is 45.7 Å². The summed E-state index contributed by atoms with van der Waals surface area (Å²) in [5.41, 5.74) is 1.59. The van der Waals surface area contributed by atoms with Crippen molar-refractivity contribution in [1.82, 2.24) is 0 Å². The van der Waals surface area contributed by atoms with E-state index < -0.39 is 18.0 Å². The van der Waals surface area contributed by atoms with E-state index in [1.807, 2.05) is 0 Å². The van der Waals surface area contributed by atoms with Crippen molar-refractivity contribution in [2.45, 2.75) is 19.4 Å². The molecular weight excluding hydrogens is 378 g/mol. The Balaban J connectivity index is 1.74. The number of carbonyl (C=O) groups is 3. The number of cyclic esters (lactones) is 1. The molecule has 0 aliphatic carbocycles. The summed E-state index contributed by atoms with van der Waals surface area (Å²) in [6, 6.07) is 9.77. The largest absolute Gasteiger partial charge is 0.493 e. The standard InChI is InChI=1S/C21H21NO7/c1-4-28-20(24)12-6-5-7-13(10-12)22-17(23)11-16-14-8-9-15(26-2)19(27-3)18(14)21(25)29-16/h5-10,16H,4,11H2,1-3H3,(H,22,23)/t16-/m0/s1. The van der Waals surface area contributed by atoms with E-state index in [1.54, 1.807) is 37.3 Å². The van der Waals surface area contributed by atoms with E-state index in [0.717, 1.165) is 0 Å². The maximum atomic E-state index is 12.5. The van der Waals surface area contributed by atoms with Gasteiger partial charge in [0.2, 0.25) is 5.91 Å². The Morgan fingerprint density at radius 2 is 1.93 bits per heavy atom. The highest BCUT2D eigenvalue weighted by Gasteiger charge is 2.36. The third-order valence-electron chi connectivity index (χ3n) is 4.41. The van der Waals surface area contributed by atoms with Crippen LogP contribution in [0.2, 0.25) is 0 Å². The lowest BCUT2D eigenvalue weighted by atomic mass is 10.0. The lowest BCUT2D eigenvalue weighted by molar-refractivity contribution is -0.118. The van der Waals surface area contributed by atoms with E-state index in [9.17, 15) is 14.4 Å². The van der Waals surface area contributed by atoms with Crippen LogP contribution in [0.4, 0.5) is 5.69 Å². The molecule has 1 amide bonds. The fourth-order valence-corrected chi connectivity index (χ4v) is 3.14. The summed E-state index contributed by atoms with van der Waals surface area (Å²) >= 11 is 0. The number of methoxy groups -OCH3 is 2. The second-order valence-corrected chi connectivity index (χ2v) is 6.21. The molecule has 3 rings (SSSR count). The Labute approximate surface area is 167 Å². The third kappa shape index (κ3) is 4.16. The van der Waals surface area contributed by atoms with E-state index in [2.05, 4.69) is 5.32 Å². The molecule has 0 spiro atoms. The maximum absolute atomic E-state index is 12.5. The summed E-state index contributed by atoms with van der Waals surface area (Å²) in [6.45, 7) is 1.98. The number of rotatable bonds is 7. The van der Waals surface area contributed by atoms with Crippen LogP contribution in [-0.2, 0) is 14.3 Å². The molecule has 0 radical (unpaired) electrons. The van der Waals surface area contributed by atoms with Crippen LogP contribution in [0.5, 0.6) is 11.5 Å². The first-order valence-electron chi connectivity index (χ1n) is 9.01. The first-order valence-corrected chi connectivity index (χ1v) is 9.01. The van der Waals surface area contributed by atoms with Gasteiger partial charge in [-0.1, -0.05) is 12.1 Å². The molecule has 8 nitrogen and oxygen atoms in total. The number of esters is 2. The topological polar surface area (TPSA) is 100 Å². The Hall–Kier alpha value is -3.55. The highest BCUT2D eigenvalue weighted by molar-refractivity contribution is 6.00. The molecule has 1 atom stereocenters. The Kier molecular flexibility index (Phi) is 6.01. The Morgan fingerprint density at radius 1 is 1.14 bits per heavy atom. The van der Waals surface area contributed by atoms with E-state index in [4.69, 9.17) is 18.9 Å². The molecular formula is C21H21NO7. The van der Waals surface area contributed by atoms with Crippen molar-refractivity contribution in [3.8, 4) is 11.5 Å². The number of ether oxygens (including phenoxy) is 4. The van der Waals surface area contributed by atoms with Gasteiger partial charge in [-0.3, -0.25) is 4.79 Å². The van der Waals surface area contributed by atoms with Gasteiger partial charge in [-0.05, 0) is 31.2 Å². The average Bonchev–Trinajstić information content (AvgIpc) is 3.02. The summed E-state index contributed by atoms with van der Waals surface area (Å²) in [6.07, 6.45) is -0.830. The molecule has 2 aromatic carbocycles. The molecule has 2 aromatic rings. The van der Waals surface area contributed by atoms with Gasteiger partial charge in [0.05, 0.1) is 32.8 Å². The number of amides is 1. The fourth-order valence-electron chi connectivity index (χ4n) is 3.14. The van der Waals surface area contributed by atoms with Gasteiger partial charge in [-0.25, -0.2) is 9.59 Å². The third-order valence-corrected chi connectivity index (χ3v) is 4.41. The normalized spacial score (nSPS) is 14.6. The first-order chi connectivity index (χ1) is 14.0. The summed E-state index contributed by atoms with van der Waals surface area (Å²) in [5, 5.41) is 2.71. The van der Waals surface area contributed by atoms with Crippen molar-refractivity contribution in [3.63, 3.8) is 0 Å². The van der Waals surface area contributed by atoms with Crippen LogP contribution in [-0.4, -0.2) is 38.7 Å². The van der Waals surface area contributed by atoms with Crippen LogP contribution >= 0.6 is 0 Å². The van der Waals surface area contributed by atoms with Gasteiger partial charge in [0.1, 0.15) is 11.7 Å². The number of benzene rings is 2. The lowest BCUT2D eigenvalue weighted by Gasteiger charge is -2.13. The summed E-state index contributed by atoms with van der Waals surface area (Å²) in [5.74, 6) is -0.725. The smallest absolute Gasteiger partial charge is 0.343 e. The molecule has 1 aliphatic heterocycles. The number of fused-ring (bicyclic) bond motifs is 1. The summed E-state index contributed by atoms with van der Waals surface area (Å²) < 4.78 is 20.8. The zero-order valence-electron chi connectivity index (χ0n) is 16.3. The molecule has 29 heavy (non-hydrogen) atoms. The van der Waals surface area contributed by atoms with Crippen molar-refractivity contribution in [2.75, 3.05) is 26.1 Å². The fraction of sp³-hybridized carbons (Fsp3) is 0.286. The highest BCUT2D eigenvalue weighted by Crippen LogP contribution is 2.43. The predicted molar refractivity (Wildman–Crippen MR) is 103 cm³/mol. The number of nitrogens with one attached hydrogen (secondary N) is 1. The summed E-state index contributed by atoms with van der Waals surface area (Å²) in [4.78, 5) is 36.6. The maximum Gasteiger partial charge on any atom is 0.343 e. The van der Waals surface area contributed by atoms with Crippen molar-refractivity contribution in [1.29, 1.82) is 0 Å². The molecule has 1 aliphatic rings. The van der Waals surface area contributed by atoms with E-state index >= 15 is 0 Å². The van der Waals surface area contributed by atoms with E-state index in [1.165, 1.54) is 20.3 Å². The monoisotopic (exact) mass is 399 g/mol. The van der Waals surface area contributed by atoms with Gasteiger partial charge in [0.25, 0.3) is 0 Å². The van der Waals surface area contributed by atoms with Crippen LogP contribution in [0, 0.1) is 0 Å². The van der Waals surface area contributed by atoms with Gasteiger partial charge < -0.3 is 24.3 Å². The lowest BCUT2D eigenvalue weighted by Crippen LogP contribution is -2.16. The zero-order valence-corrected chi connectivity index (χ0v) is 16.3. The van der Waals surface area contributed by atoms with Crippen molar-refractivity contribution in [2.24, 2.45) is 0 Å². The first kappa shape index (κ1) is 20.2. The highest BCUT2D eigenvalue weighted by atomic mass is 16.6. The molecule has 8 heteroatoms. The van der Waals surface area contributed by atoms with Gasteiger partial charge in [0, 0.05) is 11.3 Å². The minimum Gasteiger partial charge on any atom is -0.493 e. The van der Waals surface area contributed by atoms with Crippen LogP contribution < -0.4 is 14.8 Å². The quantitative estimate of drug-likeness (QED) is 0.714. The Bertz CT molecular complexity index is 954. The molecule has 152 valence electrons. The minimum atomic E-state index is -0.745. The number of hydrogen-bond donors (Lipinski definition) is 1. The molecule has 1 N–H and O–H groups in total. The van der Waals surface area contributed by atoms with Crippen molar-refractivity contribution in [3.05, 3.63) is 53.1 Å². The number of anilines is 1. The summed E-state index contributed by atoms with van der Waals surface area (Å²) in [7, 11) is 2.90. The van der Waals surface area contributed by atoms with Crippen LogP contribution in [0.15, 0.2) is 36.4 Å². The van der Waals surface area contributed by atoms with Gasteiger partial charge in [0.15, 0.2) is 11.5 Å². The van der Waals surface area contributed by atoms with E-state index in [-0.39, 0.29) is 30.2 Å². The van der Waals surface area contributed by atoms with Crippen LogP contribution in [0.25, 0.3) is 0 Å². The zero-order chi connectivity index (χ0) is 21.0. The SMILES string of the molecule is CCOC(=O)c1cccc(NC(=O)C[C@@H]2OC(=O)c3c2ccc(OC)c3OC)c1. The second-order valence-electron chi connectivity index (χ2n) is 6.21. The molecule has 0 aromatic heterocycles. The molecule has 0 unspecified atom stereocenters. The molecule has 0 bridgehead atoms. The average molecular weight is 399 g/mol. The number of carbonyl (C=O) groups excluding carboxylic acids is 3. The Morgan fingerprint density at radius 3 is 2.62 bits per heavy atom. The second kappa shape index (κ2) is 8.64. The number of hydrogen-bond acceptors (Lipinski definition) is 7. The molecule has 0 saturated heterocycles. The molecule has 1 heterocycles. The van der Waals surface area contributed by atoms with Gasteiger partial charge in [-0.2, -0.15) is 0 Å². The molecule has 0 saturated carbocycles. The minimum absolute atomic E-state index is 0.0855.